The first-order valence-electron chi connectivity index (χ1n) is 6.84. The molecule has 1 N–H and O–H groups in total. The summed E-state index contributed by atoms with van der Waals surface area (Å²) in [4.78, 5) is 16.2. The molecule has 0 radical (unpaired) electrons. The van der Waals surface area contributed by atoms with Crippen molar-refractivity contribution in [3.8, 4) is 0 Å². The lowest BCUT2D eigenvalue weighted by Gasteiger charge is -2.04. The lowest BCUT2D eigenvalue weighted by molar-refractivity contribution is 0.0977. The molecule has 0 aliphatic heterocycles. The van der Waals surface area contributed by atoms with Gasteiger partial charge in [-0.3, -0.25) is 4.79 Å². The Morgan fingerprint density at radius 1 is 1.29 bits per heavy atom. The van der Waals surface area contributed by atoms with E-state index in [2.05, 4.69) is 10.1 Å². The second-order valence-electron chi connectivity index (χ2n) is 5.31. The Kier molecular flexibility index (Phi) is 3.84. The summed E-state index contributed by atoms with van der Waals surface area (Å²) in [6.45, 7) is 4.77. The summed E-state index contributed by atoms with van der Waals surface area (Å²) in [5.41, 5.74) is 1.33. The standard InChI is InChI=1S/C14H13ClN4O4S/c1-7-4-10(15)13-16-11(6-19(13)5-7)14(20)18-24(21,22)12-8(2)17-23-9(12)3/h4-6H,1-3H3,(H,18,20). The number of rotatable bonds is 3. The average Bonchev–Trinajstić information content (AvgIpc) is 3.02. The molecule has 0 aliphatic carbocycles. The maximum Gasteiger partial charge on any atom is 0.285 e. The number of carbonyl (C=O) groups excluding carboxylic acids is 1. The summed E-state index contributed by atoms with van der Waals surface area (Å²) in [5.74, 6) is -0.770. The third kappa shape index (κ3) is 2.76. The Bertz CT molecular complexity index is 1050. The predicted molar refractivity (Wildman–Crippen MR) is 85.6 cm³/mol. The van der Waals surface area contributed by atoms with Crippen LogP contribution in [0.15, 0.2) is 27.9 Å². The first kappa shape index (κ1) is 16.5. The molecule has 0 saturated carbocycles. The zero-order valence-electron chi connectivity index (χ0n) is 13.0. The van der Waals surface area contributed by atoms with Crippen molar-refractivity contribution in [3.63, 3.8) is 0 Å². The third-order valence-corrected chi connectivity index (χ3v) is 5.19. The maximum atomic E-state index is 12.4. The van der Waals surface area contributed by atoms with Gasteiger partial charge in [-0.25, -0.2) is 18.1 Å². The molecule has 3 aromatic heterocycles. The Labute approximate surface area is 142 Å². The molecule has 0 aromatic carbocycles. The smallest absolute Gasteiger partial charge is 0.285 e. The zero-order valence-corrected chi connectivity index (χ0v) is 14.6. The number of hydrogen-bond acceptors (Lipinski definition) is 6. The van der Waals surface area contributed by atoms with Gasteiger partial charge in [-0.05, 0) is 32.4 Å². The minimum absolute atomic E-state index is 0.0714. The van der Waals surface area contributed by atoms with E-state index in [1.165, 1.54) is 20.0 Å². The van der Waals surface area contributed by atoms with Gasteiger partial charge in [0.15, 0.2) is 16.3 Å². The molecule has 24 heavy (non-hydrogen) atoms. The highest BCUT2D eigenvalue weighted by molar-refractivity contribution is 7.90. The van der Waals surface area contributed by atoms with E-state index in [-0.39, 0.29) is 22.0 Å². The molecule has 8 nitrogen and oxygen atoms in total. The van der Waals surface area contributed by atoms with E-state index in [0.29, 0.717) is 10.7 Å². The highest BCUT2D eigenvalue weighted by atomic mass is 35.5. The molecule has 0 unspecified atom stereocenters. The van der Waals surface area contributed by atoms with Gasteiger partial charge < -0.3 is 8.92 Å². The maximum absolute atomic E-state index is 12.4. The van der Waals surface area contributed by atoms with E-state index in [1.54, 1.807) is 16.7 Å². The van der Waals surface area contributed by atoms with E-state index in [0.717, 1.165) is 5.56 Å². The average molecular weight is 369 g/mol. The Morgan fingerprint density at radius 2 is 2.00 bits per heavy atom. The van der Waals surface area contributed by atoms with Crippen molar-refractivity contribution in [2.24, 2.45) is 0 Å². The summed E-state index contributed by atoms with van der Waals surface area (Å²) in [6, 6.07) is 1.70. The van der Waals surface area contributed by atoms with Crippen molar-refractivity contribution in [1.29, 1.82) is 0 Å². The number of hydrogen-bond donors (Lipinski definition) is 1. The summed E-state index contributed by atoms with van der Waals surface area (Å²) in [7, 11) is -4.12. The second kappa shape index (κ2) is 5.60. The SMILES string of the molecule is Cc1cc(Cl)c2nc(C(=O)NS(=O)(=O)c3c(C)noc3C)cn2c1. The van der Waals surface area contributed by atoms with Gasteiger partial charge in [-0.15, -0.1) is 0 Å². The van der Waals surface area contributed by atoms with E-state index >= 15 is 0 Å². The number of aryl methyl sites for hydroxylation is 3. The molecule has 10 heteroatoms. The van der Waals surface area contributed by atoms with Crippen LogP contribution in [0.5, 0.6) is 0 Å². The highest BCUT2D eigenvalue weighted by Gasteiger charge is 2.27. The van der Waals surface area contributed by atoms with Crippen molar-refractivity contribution in [1.82, 2.24) is 19.3 Å². The number of nitrogens with one attached hydrogen (secondary N) is 1. The first-order valence-corrected chi connectivity index (χ1v) is 8.70. The molecule has 3 rings (SSSR count). The molecule has 0 spiro atoms. The third-order valence-electron chi connectivity index (χ3n) is 3.34. The van der Waals surface area contributed by atoms with E-state index < -0.39 is 15.9 Å². The number of imidazole rings is 1. The zero-order chi connectivity index (χ0) is 17.6. The first-order chi connectivity index (χ1) is 11.2. The molecule has 0 saturated heterocycles. The molecular weight excluding hydrogens is 356 g/mol. The van der Waals surface area contributed by atoms with Gasteiger partial charge in [-0.2, -0.15) is 0 Å². The monoisotopic (exact) mass is 368 g/mol. The van der Waals surface area contributed by atoms with E-state index in [9.17, 15) is 13.2 Å². The molecule has 126 valence electrons. The number of pyridine rings is 1. The Balaban J connectivity index is 1.97. The molecule has 3 heterocycles. The summed E-state index contributed by atoms with van der Waals surface area (Å²) in [6.07, 6.45) is 3.14. The topological polar surface area (TPSA) is 107 Å². The van der Waals surface area contributed by atoms with Crippen LogP contribution in [-0.2, 0) is 10.0 Å². The van der Waals surface area contributed by atoms with Crippen LogP contribution in [0.25, 0.3) is 5.65 Å². The molecule has 1 amide bonds. The number of carbonyl (C=O) groups is 1. The molecular formula is C14H13ClN4O4S. The summed E-state index contributed by atoms with van der Waals surface area (Å²) < 4.78 is 33.1. The van der Waals surface area contributed by atoms with Crippen molar-refractivity contribution in [3.05, 3.63) is 46.2 Å². The molecule has 0 bridgehead atoms. The van der Waals surface area contributed by atoms with Crippen LogP contribution in [0.3, 0.4) is 0 Å². The Morgan fingerprint density at radius 3 is 2.62 bits per heavy atom. The summed E-state index contributed by atoms with van der Waals surface area (Å²) in [5, 5.41) is 3.94. The minimum atomic E-state index is -4.12. The minimum Gasteiger partial charge on any atom is -0.360 e. The molecule has 3 aromatic rings. The fraction of sp³-hybridized carbons (Fsp3) is 0.214. The van der Waals surface area contributed by atoms with E-state index in [4.69, 9.17) is 16.1 Å². The van der Waals surface area contributed by atoms with Crippen LogP contribution in [0.1, 0.15) is 27.5 Å². The molecule has 0 atom stereocenters. The van der Waals surface area contributed by atoms with Gasteiger partial charge in [0.2, 0.25) is 0 Å². The van der Waals surface area contributed by atoms with Crippen LogP contribution in [0.4, 0.5) is 0 Å². The Hall–Kier alpha value is -2.39. The van der Waals surface area contributed by atoms with Crippen LogP contribution in [0.2, 0.25) is 5.02 Å². The molecule has 0 fully saturated rings. The van der Waals surface area contributed by atoms with Gasteiger partial charge in [0, 0.05) is 12.4 Å². The lowest BCUT2D eigenvalue weighted by Crippen LogP contribution is -2.31. The van der Waals surface area contributed by atoms with Gasteiger partial charge in [0.05, 0.1) is 5.02 Å². The molecule has 0 aliphatic rings. The van der Waals surface area contributed by atoms with E-state index in [1.807, 2.05) is 11.6 Å². The number of nitrogens with zero attached hydrogens (tertiary/aromatic N) is 3. The second-order valence-corrected chi connectivity index (χ2v) is 7.34. The van der Waals surface area contributed by atoms with Gasteiger partial charge >= 0.3 is 0 Å². The van der Waals surface area contributed by atoms with Gasteiger partial charge in [-0.1, -0.05) is 16.8 Å². The van der Waals surface area contributed by atoms with Gasteiger partial charge in [0.1, 0.15) is 11.4 Å². The van der Waals surface area contributed by atoms with Crippen molar-refractivity contribution in [2.45, 2.75) is 25.7 Å². The quantitative estimate of drug-likeness (QED) is 0.757. The largest absolute Gasteiger partial charge is 0.360 e. The number of aromatic nitrogens is 3. The summed E-state index contributed by atoms with van der Waals surface area (Å²) >= 11 is 6.08. The highest BCUT2D eigenvalue weighted by Crippen LogP contribution is 2.21. The van der Waals surface area contributed by atoms with Crippen molar-refractivity contribution < 1.29 is 17.7 Å². The van der Waals surface area contributed by atoms with Crippen LogP contribution in [-0.4, -0.2) is 28.9 Å². The van der Waals surface area contributed by atoms with Crippen molar-refractivity contribution in [2.75, 3.05) is 0 Å². The van der Waals surface area contributed by atoms with Crippen LogP contribution >= 0.6 is 11.6 Å². The number of halogens is 1. The number of fused-ring (bicyclic) bond motifs is 1. The number of sulfonamides is 1. The van der Waals surface area contributed by atoms with Crippen LogP contribution in [0, 0.1) is 20.8 Å². The number of amides is 1. The van der Waals surface area contributed by atoms with Crippen molar-refractivity contribution >= 4 is 33.2 Å². The normalized spacial score (nSPS) is 11.8. The van der Waals surface area contributed by atoms with Gasteiger partial charge in [0.25, 0.3) is 15.9 Å². The fourth-order valence-corrected chi connectivity index (χ4v) is 3.99. The lowest BCUT2D eigenvalue weighted by atomic mass is 10.3. The predicted octanol–water partition coefficient (Wildman–Crippen LogP) is 2.02. The van der Waals surface area contributed by atoms with Crippen LogP contribution < -0.4 is 4.72 Å². The fourth-order valence-electron chi connectivity index (χ4n) is 2.38.